The summed E-state index contributed by atoms with van der Waals surface area (Å²) in [5, 5.41) is 11.4. The van der Waals surface area contributed by atoms with E-state index in [1.807, 2.05) is 32.0 Å². The first-order chi connectivity index (χ1) is 23.3. The van der Waals surface area contributed by atoms with Crippen molar-refractivity contribution in [1.82, 2.24) is 19.5 Å². The highest BCUT2D eigenvalue weighted by Gasteiger charge is 2.41. The highest BCUT2D eigenvalue weighted by Crippen LogP contribution is 2.37. The number of nitrogens with two attached hydrogens (primary N) is 1. The molecule has 4 aromatic rings. The monoisotopic (exact) mass is 724 g/mol. The number of likely N-dealkylation sites (N-methyl/N-ethyl adjacent to an activating group) is 1. The molecule has 1 saturated heterocycles. The first-order valence-corrected chi connectivity index (χ1v) is 17.9. The Morgan fingerprint density at radius 1 is 1.10 bits per heavy atom. The number of benzene rings is 3. The quantitative estimate of drug-likeness (QED) is 0.0995. The Kier molecular flexibility index (Phi) is 11.1. The molecule has 3 aromatic carbocycles. The number of carbonyl (C=O) groups excluding carboxylic acids is 2. The molecule has 0 unspecified atom stereocenters. The van der Waals surface area contributed by atoms with Crippen LogP contribution in [-0.2, 0) is 21.4 Å². The number of aromatic nitrogens is 1. The molecule has 1 aliphatic rings. The second-order valence-corrected chi connectivity index (χ2v) is 14.6. The number of carbonyl (C=O) groups is 2. The molecule has 11 nitrogen and oxygen atoms in total. The number of sulfonamides is 1. The molecule has 2 amide bonds. The molecular formula is C35H38Cl2N6O5S. The van der Waals surface area contributed by atoms with E-state index in [1.54, 1.807) is 37.4 Å². The number of para-hydroxylation sites is 1. The van der Waals surface area contributed by atoms with Crippen molar-refractivity contribution in [3.05, 3.63) is 98.7 Å². The minimum atomic E-state index is -4.19. The van der Waals surface area contributed by atoms with E-state index < -0.39 is 16.1 Å². The summed E-state index contributed by atoms with van der Waals surface area (Å²) in [5.41, 5.74) is 9.29. The second kappa shape index (κ2) is 15.1. The van der Waals surface area contributed by atoms with Crippen LogP contribution in [0.25, 0.3) is 10.9 Å². The number of halogens is 2. The first-order valence-electron chi connectivity index (χ1n) is 15.8. The van der Waals surface area contributed by atoms with Gasteiger partial charge in [0.2, 0.25) is 15.9 Å². The van der Waals surface area contributed by atoms with Crippen molar-refractivity contribution in [2.24, 2.45) is 5.73 Å². The van der Waals surface area contributed by atoms with Gasteiger partial charge in [-0.1, -0.05) is 47.5 Å². The normalized spacial score (nSPS) is 14.9. The number of hydrogen-bond acceptors (Lipinski definition) is 7. The molecule has 1 aliphatic heterocycles. The summed E-state index contributed by atoms with van der Waals surface area (Å²) >= 11 is 13.3. The number of ether oxygens (including phenoxy) is 1. The molecule has 2 heterocycles. The topological polar surface area (TPSA) is 159 Å². The third-order valence-corrected chi connectivity index (χ3v) is 11.4. The van der Waals surface area contributed by atoms with Crippen LogP contribution in [-0.4, -0.2) is 73.0 Å². The minimum absolute atomic E-state index is 0.0637. The summed E-state index contributed by atoms with van der Waals surface area (Å²) in [6.07, 6.45) is 1.33. The van der Waals surface area contributed by atoms with Crippen LogP contribution in [0.3, 0.4) is 0 Å². The zero-order chi connectivity index (χ0) is 35.5. The maximum Gasteiger partial charge on any atom is 0.251 e. The molecule has 0 radical (unpaired) electrons. The van der Waals surface area contributed by atoms with Gasteiger partial charge in [0.05, 0.1) is 5.02 Å². The number of hydrogen-bond donors (Lipinski definition) is 3. The Morgan fingerprint density at radius 3 is 2.53 bits per heavy atom. The number of amides is 2. The fourth-order valence-corrected chi connectivity index (χ4v) is 8.43. The molecule has 14 heteroatoms. The van der Waals surface area contributed by atoms with Crippen LogP contribution < -0.4 is 15.8 Å². The maximum absolute atomic E-state index is 14.0. The zero-order valence-electron chi connectivity index (χ0n) is 27.4. The van der Waals surface area contributed by atoms with Gasteiger partial charge in [-0.05, 0) is 75.1 Å². The average molecular weight is 726 g/mol. The van der Waals surface area contributed by atoms with Gasteiger partial charge in [0.15, 0.2) is 0 Å². The van der Waals surface area contributed by atoms with Gasteiger partial charge in [-0.25, -0.2) is 13.4 Å². The van der Waals surface area contributed by atoms with E-state index in [0.29, 0.717) is 60.3 Å². The van der Waals surface area contributed by atoms with Crippen molar-refractivity contribution in [3.63, 3.8) is 0 Å². The Hall–Kier alpha value is -4.23. The number of nitrogen functional groups attached to an aromatic ring is 1. The number of nitrogens with one attached hydrogen (secondary N) is 2. The Morgan fingerprint density at radius 2 is 1.82 bits per heavy atom. The Labute approximate surface area is 295 Å². The fourth-order valence-electron chi connectivity index (χ4n) is 5.92. The number of fused-ring (bicyclic) bond motifs is 1. The molecule has 0 spiro atoms. The van der Waals surface area contributed by atoms with Gasteiger partial charge in [0, 0.05) is 59.5 Å². The number of pyridine rings is 1. The van der Waals surface area contributed by atoms with Gasteiger partial charge in [0.1, 0.15) is 34.6 Å². The Balaban J connectivity index is 1.24. The Bertz CT molecular complexity index is 2020. The zero-order valence-corrected chi connectivity index (χ0v) is 29.8. The number of amidine groups is 1. The molecule has 1 fully saturated rings. The number of nitrogens with zero attached hydrogens (tertiary/aromatic N) is 3. The summed E-state index contributed by atoms with van der Waals surface area (Å²) in [5.74, 6) is -0.198. The molecule has 258 valence electrons. The standard InChI is InChI=1S/C35H38Cl2N6O5S/c1-21-19-22(2)41-32-25(21)7-4-9-29(32)48-20-26-27(36)14-15-30(31(26)37)49(46,47)43-18-5-8-28(43)35(45)42(3)17-6-16-40-34(44)24-12-10-23(11-13-24)33(38)39/h4,7,9-15,19,28H,5-6,8,16-18,20H2,1-3H3,(H3,38,39)(H,40,44)/t28-/m0/s1. The average Bonchev–Trinajstić information content (AvgIpc) is 3.57. The lowest BCUT2D eigenvalue weighted by Gasteiger charge is -2.28. The lowest BCUT2D eigenvalue weighted by atomic mass is 10.1. The number of aryl methyl sites for hydroxylation is 2. The van der Waals surface area contributed by atoms with Gasteiger partial charge >= 0.3 is 0 Å². The van der Waals surface area contributed by atoms with Crippen LogP contribution in [0.1, 0.15) is 52.0 Å². The molecule has 1 atom stereocenters. The lowest BCUT2D eigenvalue weighted by Crippen LogP contribution is -2.47. The minimum Gasteiger partial charge on any atom is -0.487 e. The molecule has 0 aliphatic carbocycles. The van der Waals surface area contributed by atoms with Gasteiger partial charge in [0.25, 0.3) is 5.91 Å². The van der Waals surface area contributed by atoms with E-state index >= 15 is 0 Å². The van der Waals surface area contributed by atoms with Crippen LogP contribution in [0.15, 0.2) is 65.6 Å². The van der Waals surface area contributed by atoms with Crippen LogP contribution in [0.4, 0.5) is 0 Å². The third-order valence-electron chi connectivity index (χ3n) is 8.53. The van der Waals surface area contributed by atoms with Crippen molar-refractivity contribution in [1.29, 1.82) is 5.41 Å². The molecule has 0 saturated carbocycles. The molecule has 4 N–H and O–H groups in total. The van der Waals surface area contributed by atoms with E-state index in [-0.39, 0.29) is 45.7 Å². The highest BCUT2D eigenvalue weighted by atomic mass is 35.5. The summed E-state index contributed by atoms with van der Waals surface area (Å²) < 4.78 is 35.4. The predicted molar refractivity (Wildman–Crippen MR) is 191 cm³/mol. The van der Waals surface area contributed by atoms with Crippen molar-refractivity contribution in [2.75, 3.05) is 26.7 Å². The van der Waals surface area contributed by atoms with Crippen LogP contribution in [0.2, 0.25) is 10.0 Å². The maximum atomic E-state index is 14.0. The summed E-state index contributed by atoms with van der Waals surface area (Å²) in [4.78, 5) is 32.0. The summed E-state index contributed by atoms with van der Waals surface area (Å²) in [6, 6.07) is 15.9. The highest BCUT2D eigenvalue weighted by molar-refractivity contribution is 7.89. The lowest BCUT2D eigenvalue weighted by molar-refractivity contribution is -0.133. The first kappa shape index (κ1) is 36.1. The van der Waals surface area contributed by atoms with E-state index in [9.17, 15) is 18.0 Å². The van der Waals surface area contributed by atoms with Crippen molar-refractivity contribution in [2.45, 2.75) is 50.7 Å². The molecule has 49 heavy (non-hydrogen) atoms. The van der Waals surface area contributed by atoms with Crippen LogP contribution in [0, 0.1) is 19.3 Å². The number of rotatable bonds is 12. The van der Waals surface area contributed by atoms with E-state index in [4.69, 9.17) is 39.1 Å². The van der Waals surface area contributed by atoms with Gasteiger partial charge in [-0.2, -0.15) is 4.31 Å². The van der Waals surface area contributed by atoms with Gasteiger partial charge < -0.3 is 20.7 Å². The van der Waals surface area contributed by atoms with E-state index in [0.717, 1.165) is 16.6 Å². The van der Waals surface area contributed by atoms with Crippen LogP contribution >= 0.6 is 23.2 Å². The van der Waals surface area contributed by atoms with Gasteiger partial charge in [-0.15, -0.1) is 0 Å². The molecule has 0 bridgehead atoms. The smallest absolute Gasteiger partial charge is 0.251 e. The van der Waals surface area contributed by atoms with Crippen LogP contribution in [0.5, 0.6) is 5.75 Å². The molecular weight excluding hydrogens is 687 g/mol. The van der Waals surface area contributed by atoms with Gasteiger partial charge in [-0.3, -0.25) is 15.0 Å². The fraction of sp³-hybridized carbons (Fsp3) is 0.314. The van der Waals surface area contributed by atoms with Crippen molar-refractivity contribution < 1.29 is 22.7 Å². The third kappa shape index (κ3) is 7.83. The van der Waals surface area contributed by atoms with E-state index in [1.165, 1.54) is 21.3 Å². The van der Waals surface area contributed by atoms with E-state index in [2.05, 4.69) is 10.3 Å². The second-order valence-electron chi connectivity index (χ2n) is 12.0. The van der Waals surface area contributed by atoms with Crippen molar-refractivity contribution in [3.8, 4) is 5.75 Å². The predicted octanol–water partition coefficient (Wildman–Crippen LogP) is 5.45. The largest absolute Gasteiger partial charge is 0.487 e. The SMILES string of the molecule is Cc1cc(C)c2cccc(OCc3c(Cl)ccc(S(=O)(=O)N4CCC[C@H]4C(=O)N(C)CCCNC(=O)c4ccc(C(=N)N)cc4)c3Cl)c2n1. The molecule has 5 rings (SSSR count). The summed E-state index contributed by atoms with van der Waals surface area (Å²) in [7, 11) is -2.58. The molecule has 1 aromatic heterocycles. The van der Waals surface area contributed by atoms with Crippen molar-refractivity contribution >= 4 is 61.8 Å². The summed E-state index contributed by atoms with van der Waals surface area (Å²) in [6.45, 7) is 4.57.